The molecule has 2 amide bonds. The molecule has 1 N–H and O–H groups in total. The van der Waals surface area contributed by atoms with Crippen molar-refractivity contribution in [2.45, 2.75) is 32.2 Å². The van der Waals surface area contributed by atoms with Crippen LogP contribution in [-0.4, -0.2) is 24.4 Å². The smallest absolute Gasteiger partial charge is 0.243 e. The van der Waals surface area contributed by atoms with E-state index in [1.807, 2.05) is 31.2 Å². The highest BCUT2D eigenvalue weighted by Crippen LogP contribution is 2.27. The molecule has 2 aromatic rings. The van der Waals surface area contributed by atoms with Gasteiger partial charge in [0.05, 0.1) is 0 Å². The molecular weight excluding hydrogens is 319 g/mol. The Kier molecular flexibility index (Phi) is 5.12. The standard InChI is InChI=1S/C20H21FN2O2/c1-14-6-8-16(9-7-14)23-18(10-11-19(23)24)20(25)22-13-12-15-4-2-3-5-17(15)21/h2-9,18H,10-13H2,1H3,(H,22,25). The van der Waals surface area contributed by atoms with Gasteiger partial charge in [0.15, 0.2) is 0 Å². The number of amides is 2. The molecule has 4 nitrogen and oxygen atoms in total. The molecule has 1 unspecified atom stereocenters. The van der Waals surface area contributed by atoms with Gasteiger partial charge in [0, 0.05) is 18.7 Å². The lowest BCUT2D eigenvalue weighted by molar-refractivity contribution is -0.123. The summed E-state index contributed by atoms with van der Waals surface area (Å²) in [7, 11) is 0. The minimum Gasteiger partial charge on any atom is -0.354 e. The molecule has 2 aromatic carbocycles. The molecule has 3 rings (SSSR count). The molecule has 0 aliphatic carbocycles. The first-order valence-electron chi connectivity index (χ1n) is 8.46. The minimum absolute atomic E-state index is 0.0434. The summed E-state index contributed by atoms with van der Waals surface area (Å²) in [6, 6.07) is 13.6. The van der Waals surface area contributed by atoms with Crippen molar-refractivity contribution in [2.75, 3.05) is 11.4 Å². The van der Waals surface area contributed by atoms with Crippen LogP contribution in [0.1, 0.15) is 24.0 Å². The van der Waals surface area contributed by atoms with Crippen molar-refractivity contribution in [3.63, 3.8) is 0 Å². The van der Waals surface area contributed by atoms with E-state index in [4.69, 9.17) is 0 Å². The molecule has 1 atom stereocenters. The van der Waals surface area contributed by atoms with Crippen molar-refractivity contribution in [2.24, 2.45) is 0 Å². The van der Waals surface area contributed by atoms with Gasteiger partial charge in [0.2, 0.25) is 11.8 Å². The largest absolute Gasteiger partial charge is 0.354 e. The number of benzene rings is 2. The number of rotatable bonds is 5. The summed E-state index contributed by atoms with van der Waals surface area (Å²) >= 11 is 0. The third-order valence-electron chi connectivity index (χ3n) is 4.48. The molecule has 1 saturated heterocycles. The van der Waals surface area contributed by atoms with Gasteiger partial charge in [0.25, 0.3) is 0 Å². The van der Waals surface area contributed by atoms with Crippen LogP contribution in [0.15, 0.2) is 48.5 Å². The van der Waals surface area contributed by atoms with Crippen LogP contribution in [0.4, 0.5) is 10.1 Å². The van der Waals surface area contributed by atoms with Gasteiger partial charge in [-0.2, -0.15) is 0 Å². The van der Waals surface area contributed by atoms with E-state index in [0.29, 0.717) is 31.4 Å². The van der Waals surface area contributed by atoms with E-state index >= 15 is 0 Å². The molecule has 0 radical (unpaired) electrons. The molecule has 0 saturated carbocycles. The lowest BCUT2D eigenvalue weighted by atomic mass is 10.1. The average Bonchev–Trinajstić information content (AvgIpc) is 2.99. The molecule has 1 aliphatic heterocycles. The number of hydrogen-bond donors (Lipinski definition) is 1. The van der Waals surface area contributed by atoms with Gasteiger partial charge in [0.1, 0.15) is 11.9 Å². The molecule has 0 bridgehead atoms. The van der Waals surface area contributed by atoms with E-state index in [9.17, 15) is 14.0 Å². The zero-order valence-electron chi connectivity index (χ0n) is 14.2. The van der Waals surface area contributed by atoms with Crippen molar-refractivity contribution in [3.8, 4) is 0 Å². The third-order valence-corrected chi connectivity index (χ3v) is 4.48. The number of hydrogen-bond acceptors (Lipinski definition) is 2. The molecule has 0 aromatic heterocycles. The second kappa shape index (κ2) is 7.47. The summed E-state index contributed by atoms with van der Waals surface area (Å²) in [5.41, 5.74) is 2.41. The summed E-state index contributed by atoms with van der Waals surface area (Å²) in [6.45, 7) is 2.31. The lowest BCUT2D eigenvalue weighted by Crippen LogP contribution is -2.45. The zero-order valence-corrected chi connectivity index (χ0v) is 14.2. The summed E-state index contributed by atoms with van der Waals surface area (Å²) in [5.74, 6) is -0.505. The van der Waals surface area contributed by atoms with Crippen LogP contribution < -0.4 is 10.2 Å². The van der Waals surface area contributed by atoms with Gasteiger partial charge in [-0.15, -0.1) is 0 Å². The number of aryl methyl sites for hydroxylation is 1. The molecule has 130 valence electrons. The Morgan fingerprint density at radius 3 is 2.64 bits per heavy atom. The number of halogens is 1. The monoisotopic (exact) mass is 340 g/mol. The van der Waals surface area contributed by atoms with Crippen LogP contribution in [0.25, 0.3) is 0 Å². The van der Waals surface area contributed by atoms with Crippen LogP contribution in [0.3, 0.4) is 0 Å². The Labute approximate surface area is 146 Å². The maximum atomic E-state index is 13.6. The van der Waals surface area contributed by atoms with E-state index in [0.717, 1.165) is 11.3 Å². The first-order chi connectivity index (χ1) is 12.1. The van der Waals surface area contributed by atoms with Crippen LogP contribution in [-0.2, 0) is 16.0 Å². The quantitative estimate of drug-likeness (QED) is 0.910. The second-order valence-corrected chi connectivity index (χ2v) is 6.29. The van der Waals surface area contributed by atoms with Crippen LogP contribution >= 0.6 is 0 Å². The average molecular weight is 340 g/mol. The van der Waals surface area contributed by atoms with Gasteiger partial charge in [-0.1, -0.05) is 35.9 Å². The summed E-state index contributed by atoms with van der Waals surface area (Å²) < 4.78 is 13.6. The van der Waals surface area contributed by atoms with Gasteiger partial charge in [-0.3, -0.25) is 14.5 Å². The van der Waals surface area contributed by atoms with Crippen molar-refractivity contribution < 1.29 is 14.0 Å². The molecule has 1 heterocycles. The second-order valence-electron chi connectivity index (χ2n) is 6.29. The highest BCUT2D eigenvalue weighted by Gasteiger charge is 2.36. The van der Waals surface area contributed by atoms with Crippen LogP contribution in [0.2, 0.25) is 0 Å². The summed E-state index contributed by atoms with van der Waals surface area (Å²) in [4.78, 5) is 26.3. The van der Waals surface area contributed by atoms with E-state index in [-0.39, 0.29) is 17.6 Å². The van der Waals surface area contributed by atoms with Gasteiger partial charge in [-0.05, 0) is 43.5 Å². The predicted molar refractivity (Wildman–Crippen MR) is 94.8 cm³/mol. The highest BCUT2D eigenvalue weighted by molar-refractivity contribution is 6.03. The highest BCUT2D eigenvalue weighted by atomic mass is 19.1. The third kappa shape index (κ3) is 3.87. The molecule has 5 heteroatoms. The summed E-state index contributed by atoms with van der Waals surface area (Å²) in [6.07, 6.45) is 1.28. The number of carbonyl (C=O) groups excluding carboxylic acids is 2. The van der Waals surface area contributed by atoms with Gasteiger partial charge < -0.3 is 5.32 Å². The van der Waals surface area contributed by atoms with E-state index in [2.05, 4.69) is 5.32 Å². The maximum Gasteiger partial charge on any atom is 0.243 e. The zero-order chi connectivity index (χ0) is 17.8. The molecular formula is C20H21FN2O2. The molecule has 1 aliphatic rings. The Morgan fingerprint density at radius 2 is 1.92 bits per heavy atom. The molecule has 25 heavy (non-hydrogen) atoms. The van der Waals surface area contributed by atoms with Crippen molar-refractivity contribution >= 4 is 17.5 Å². The predicted octanol–water partition coefficient (Wildman–Crippen LogP) is 2.99. The number of anilines is 1. The number of carbonyl (C=O) groups is 2. The Hall–Kier alpha value is -2.69. The first-order valence-corrected chi connectivity index (χ1v) is 8.46. The fourth-order valence-electron chi connectivity index (χ4n) is 3.10. The molecule has 1 fully saturated rings. The van der Waals surface area contributed by atoms with E-state index < -0.39 is 6.04 Å². The van der Waals surface area contributed by atoms with E-state index in [1.54, 1.807) is 23.1 Å². The Morgan fingerprint density at radius 1 is 1.20 bits per heavy atom. The van der Waals surface area contributed by atoms with Crippen LogP contribution in [0, 0.1) is 12.7 Å². The van der Waals surface area contributed by atoms with Crippen molar-refractivity contribution in [3.05, 3.63) is 65.5 Å². The maximum absolute atomic E-state index is 13.6. The topological polar surface area (TPSA) is 49.4 Å². The van der Waals surface area contributed by atoms with Crippen molar-refractivity contribution in [1.29, 1.82) is 0 Å². The van der Waals surface area contributed by atoms with Gasteiger partial charge in [-0.25, -0.2) is 4.39 Å². The number of nitrogens with one attached hydrogen (secondary N) is 1. The van der Waals surface area contributed by atoms with Crippen molar-refractivity contribution in [1.82, 2.24) is 5.32 Å². The SMILES string of the molecule is Cc1ccc(N2C(=O)CCC2C(=O)NCCc2ccccc2F)cc1. The van der Waals surface area contributed by atoms with Gasteiger partial charge >= 0.3 is 0 Å². The lowest BCUT2D eigenvalue weighted by Gasteiger charge is -2.24. The number of nitrogens with zero attached hydrogens (tertiary/aromatic N) is 1. The minimum atomic E-state index is -0.504. The fourth-order valence-corrected chi connectivity index (χ4v) is 3.10. The van der Waals surface area contributed by atoms with E-state index in [1.165, 1.54) is 6.07 Å². The van der Waals surface area contributed by atoms with Crippen LogP contribution in [0.5, 0.6) is 0 Å². The summed E-state index contributed by atoms with van der Waals surface area (Å²) in [5, 5.41) is 2.83. The molecule has 0 spiro atoms. The Balaban J connectivity index is 1.63. The Bertz CT molecular complexity index is 774. The fraction of sp³-hybridized carbons (Fsp3) is 0.300. The normalized spacial score (nSPS) is 17.0. The first kappa shape index (κ1) is 17.1.